The van der Waals surface area contributed by atoms with E-state index in [2.05, 4.69) is 5.32 Å². The van der Waals surface area contributed by atoms with Crippen molar-refractivity contribution < 1.29 is 19.0 Å². The molecule has 0 saturated heterocycles. The molecule has 26 heavy (non-hydrogen) atoms. The normalized spacial score (nSPS) is 14.4. The van der Waals surface area contributed by atoms with E-state index in [9.17, 15) is 4.79 Å². The van der Waals surface area contributed by atoms with Gasteiger partial charge < -0.3 is 19.5 Å². The molecule has 2 aromatic carbocycles. The van der Waals surface area contributed by atoms with Crippen molar-refractivity contribution in [2.75, 3.05) is 21.3 Å². The molecule has 1 saturated carbocycles. The Morgan fingerprint density at radius 2 is 1.65 bits per heavy atom. The zero-order chi connectivity index (χ0) is 18.5. The van der Waals surface area contributed by atoms with Crippen molar-refractivity contribution in [2.45, 2.75) is 25.3 Å². The molecule has 1 fully saturated rings. The number of benzene rings is 2. The van der Waals surface area contributed by atoms with Crippen LogP contribution in [0.25, 0.3) is 0 Å². The van der Waals surface area contributed by atoms with E-state index in [1.165, 1.54) is 0 Å². The highest BCUT2D eigenvalue weighted by Gasteiger charge is 2.33. The third kappa shape index (κ3) is 4.28. The minimum absolute atomic E-state index is 0.0238. The van der Waals surface area contributed by atoms with Crippen molar-refractivity contribution in [1.29, 1.82) is 0 Å². The first kappa shape index (κ1) is 18.1. The van der Waals surface area contributed by atoms with Crippen molar-refractivity contribution in [3.8, 4) is 17.2 Å². The lowest BCUT2D eigenvalue weighted by atomic mass is 10.0. The lowest BCUT2D eigenvalue weighted by Crippen LogP contribution is -2.31. The van der Waals surface area contributed by atoms with Crippen LogP contribution in [0.3, 0.4) is 0 Å². The maximum Gasteiger partial charge on any atom is 0.225 e. The molecule has 2 aromatic rings. The number of nitrogens with one attached hydrogen (secondary N) is 1. The summed E-state index contributed by atoms with van der Waals surface area (Å²) in [6, 6.07) is 13.4. The number of rotatable bonds is 8. The van der Waals surface area contributed by atoms with Gasteiger partial charge in [-0.1, -0.05) is 12.1 Å². The fourth-order valence-corrected chi connectivity index (χ4v) is 3.13. The van der Waals surface area contributed by atoms with Crippen LogP contribution in [0.1, 0.15) is 30.0 Å². The van der Waals surface area contributed by atoms with Gasteiger partial charge in [-0.25, -0.2) is 0 Å². The van der Waals surface area contributed by atoms with E-state index in [0.717, 1.165) is 29.7 Å². The number of methoxy groups -OCH3 is 3. The van der Waals surface area contributed by atoms with E-state index in [4.69, 9.17) is 14.2 Å². The Kier molecular flexibility index (Phi) is 5.66. The number of hydrogen-bond acceptors (Lipinski definition) is 4. The van der Waals surface area contributed by atoms with Gasteiger partial charge in [-0.2, -0.15) is 0 Å². The van der Waals surface area contributed by atoms with Crippen molar-refractivity contribution >= 4 is 5.91 Å². The summed E-state index contributed by atoms with van der Waals surface area (Å²) in [5.41, 5.74) is 1.92. The van der Waals surface area contributed by atoms with Crippen LogP contribution in [0.5, 0.6) is 17.2 Å². The van der Waals surface area contributed by atoms with E-state index in [1.54, 1.807) is 21.3 Å². The quantitative estimate of drug-likeness (QED) is 0.787. The van der Waals surface area contributed by atoms with Crippen LogP contribution in [0.2, 0.25) is 0 Å². The Bertz CT molecular complexity index is 753. The average Bonchev–Trinajstić information content (AvgIpc) is 3.51. The summed E-state index contributed by atoms with van der Waals surface area (Å²) < 4.78 is 15.8. The summed E-state index contributed by atoms with van der Waals surface area (Å²) in [7, 11) is 4.86. The highest BCUT2D eigenvalue weighted by atomic mass is 16.5. The first-order valence-electron chi connectivity index (χ1n) is 8.78. The summed E-state index contributed by atoms with van der Waals surface area (Å²) in [4.78, 5) is 12.7. The molecule has 0 heterocycles. The maximum absolute atomic E-state index is 12.7. The first-order valence-corrected chi connectivity index (χ1v) is 8.78. The van der Waals surface area contributed by atoms with Crippen LogP contribution < -0.4 is 19.5 Å². The number of ether oxygens (including phenoxy) is 3. The second kappa shape index (κ2) is 8.13. The Morgan fingerprint density at radius 1 is 1.00 bits per heavy atom. The second-order valence-electron chi connectivity index (χ2n) is 6.51. The van der Waals surface area contributed by atoms with E-state index in [1.807, 2.05) is 42.5 Å². The molecule has 1 N–H and O–H groups in total. The summed E-state index contributed by atoms with van der Waals surface area (Å²) in [5.74, 6) is 2.69. The minimum Gasteiger partial charge on any atom is -0.497 e. The molecule has 1 amide bonds. The Labute approximate surface area is 154 Å². The topological polar surface area (TPSA) is 56.8 Å². The fourth-order valence-electron chi connectivity index (χ4n) is 3.13. The summed E-state index contributed by atoms with van der Waals surface area (Å²) >= 11 is 0. The van der Waals surface area contributed by atoms with Crippen molar-refractivity contribution in [1.82, 2.24) is 5.32 Å². The molecule has 5 heteroatoms. The average molecular weight is 355 g/mol. The van der Waals surface area contributed by atoms with Crippen LogP contribution in [0, 0.1) is 5.92 Å². The third-order valence-corrected chi connectivity index (χ3v) is 4.72. The van der Waals surface area contributed by atoms with Gasteiger partial charge >= 0.3 is 0 Å². The third-order valence-electron chi connectivity index (χ3n) is 4.72. The molecule has 0 radical (unpaired) electrons. The molecule has 0 aromatic heterocycles. The molecule has 1 aliphatic rings. The minimum atomic E-state index is -0.0238. The van der Waals surface area contributed by atoms with Crippen molar-refractivity contribution in [2.24, 2.45) is 5.92 Å². The maximum atomic E-state index is 12.7. The molecule has 1 aliphatic carbocycles. The smallest absolute Gasteiger partial charge is 0.225 e. The molecule has 0 aliphatic heterocycles. The van der Waals surface area contributed by atoms with Crippen molar-refractivity contribution in [3.63, 3.8) is 0 Å². The fraction of sp³-hybridized carbons (Fsp3) is 0.381. The molecule has 1 unspecified atom stereocenters. The Balaban J connectivity index is 1.72. The van der Waals surface area contributed by atoms with Gasteiger partial charge in [0, 0.05) is 5.56 Å². The van der Waals surface area contributed by atoms with E-state index < -0.39 is 0 Å². The van der Waals surface area contributed by atoms with Gasteiger partial charge in [0.1, 0.15) is 17.2 Å². The van der Waals surface area contributed by atoms with Gasteiger partial charge in [-0.05, 0) is 54.7 Å². The Hall–Kier alpha value is -2.69. The standard InChI is InChI=1S/C21H25NO4/c1-24-17-8-6-15(7-9-17)21(14-4-5-14)22-20(23)13-16-12-18(25-2)10-11-19(16)26-3/h6-12,14,21H,4-5,13H2,1-3H3,(H,22,23). The largest absolute Gasteiger partial charge is 0.497 e. The predicted molar refractivity (Wildman–Crippen MR) is 99.9 cm³/mol. The number of carbonyl (C=O) groups excluding carboxylic acids is 1. The molecular formula is C21H25NO4. The van der Waals surface area contributed by atoms with E-state index >= 15 is 0 Å². The first-order chi connectivity index (χ1) is 12.6. The van der Waals surface area contributed by atoms with Gasteiger partial charge in [0.2, 0.25) is 5.91 Å². The zero-order valence-electron chi connectivity index (χ0n) is 15.5. The molecule has 3 rings (SSSR count). The molecule has 1 atom stereocenters. The van der Waals surface area contributed by atoms with Gasteiger partial charge in [-0.3, -0.25) is 4.79 Å². The lowest BCUT2D eigenvalue weighted by Gasteiger charge is -2.20. The highest BCUT2D eigenvalue weighted by Crippen LogP contribution is 2.41. The van der Waals surface area contributed by atoms with Gasteiger partial charge in [0.15, 0.2) is 0 Å². The van der Waals surface area contributed by atoms with Gasteiger partial charge in [-0.15, -0.1) is 0 Å². The van der Waals surface area contributed by atoms with Crippen LogP contribution in [0.15, 0.2) is 42.5 Å². The summed E-state index contributed by atoms with van der Waals surface area (Å²) in [5, 5.41) is 3.19. The SMILES string of the molecule is COc1ccc(C(NC(=O)Cc2cc(OC)ccc2OC)C2CC2)cc1. The van der Waals surface area contributed by atoms with Crippen LogP contribution >= 0.6 is 0 Å². The van der Waals surface area contributed by atoms with Crippen molar-refractivity contribution in [3.05, 3.63) is 53.6 Å². The van der Waals surface area contributed by atoms with Gasteiger partial charge in [0.05, 0.1) is 33.8 Å². The molecule has 0 spiro atoms. The van der Waals surface area contributed by atoms with Crippen LogP contribution in [-0.4, -0.2) is 27.2 Å². The molecule has 5 nitrogen and oxygen atoms in total. The molecule has 0 bridgehead atoms. The number of amides is 1. The van der Waals surface area contributed by atoms with Gasteiger partial charge in [0.25, 0.3) is 0 Å². The number of hydrogen-bond donors (Lipinski definition) is 1. The second-order valence-corrected chi connectivity index (χ2v) is 6.51. The monoisotopic (exact) mass is 355 g/mol. The Morgan fingerprint density at radius 3 is 2.23 bits per heavy atom. The lowest BCUT2D eigenvalue weighted by molar-refractivity contribution is -0.121. The predicted octanol–water partition coefficient (Wildman–Crippen LogP) is 3.52. The molecule has 138 valence electrons. The van der Waals surface area contributed by atoms with Crippen LogP contribution in [0.4, 0.5) is 0 Å². The zero-order valence-corrected chi connectivity index (χ0v) is 15.5. The van der Waals surface area contributed by atoms with Crippen LogP contribution in [-0.2, 0) is 11.2 Å². The number of carbonyl (C=O) groups is 1. The summed E-state index contributed by atoms with van der Waals surface area (Å²) in [6.07, 6.45) is 2.53. The van der Waals surface area contributed by atoms with E-state index in [0.29, 0.717) is 17.4 Å². The summed E-state index contributed by atoms with van der Waals surface area (Å²) in [6.45, 7) is 0. The van der Waals surface area contributed by atoms with E-state index in [-0.39, 0.29) is 18.4 Å². The highest BCUT2D eigenvalue weighted by molar-refractivity contribution is 5.80. The molecular weight excluding hydrogens is 330 g/mol.